The van der Waals surface area contributed by atoms with Crippen molar-refractivity contribution in [1.29, 1.82) is 0 Å². The molecule has 1 aromatic heterocycles. The molecule has 1 unspecified atom stereocenters. The summed E-state index contributed by atoms with van der Waals surface area (Å²) < 4.78 is 4.72. The van der Waals surface area contributed by atoms with Gasteiger partial charge in [0, 0.05) is 25.4 Å². The number of aromatic nitrogens is 2. The van der Waals surface area contributed by atoms with E-state index in [-0.39, 0.29) is 13.0 Å². The predicted octanol–water partition coefficient (Wildman–Crippen LogP) is -1.50. The molecule has 8 heteroatoms. The van der Waals surface area contributed by atoms with E-state index in [9.17, 15) is 9.59 Å². The second kappa shape index (κ2) is 6.72. The minimum Gasteiger partial charge on any atom is -0.480 e. The van der Waals surface area contributed by atoms with Crippen LogP contribution in [0.2, 0.25) is 0 Å². The third-order valence-corrected chi connectivity index (χ3v) is 2.28. The average Bonchev–Trinajstić information content (AvgIpc) is 2.81. The number of hydrogen-bond acceptors (Lipinski definition) is 5. The van der Waals surface area contributed by atoms with Crippen LogP contribution >= 0.6 is 0 Å². The van der Waals surface area contributed by atoms with Gasteiger partial charge in [-0.15, -0.1) is 0 Å². The van der Waals surface area contributed by atoms with Gasteiger partial charge >= 0.3 is 5.97 Å². The quantitative estimate of drug-likeness (QED) is 0.469. The number of aromatic amines is 1. The third-order valence-electron chi connectivity index (χ3n) is 2.28. The molecule has 1 heterocycles. The highest BCUT2D eigenvalue weighted by molar-refractivity contribution is 5.86. The molecule has 8 nitrogen and oxygen atoms in total. The Morgan fingerprint density at radius 1 is 1.67 bits per heavy atom. The Morgan fingerprint density at radius 2 is 2.39 bits per heavy atom. The number of carbonyl (C=O) groups is 2. The number of methoxy groups -OCH3 is 1. The summed E-state index contributed by atoms with van der Waals surface area (Å²) in [5, 5.41) is 11.4. The normalized spacial score (nSPS) is 13.9. The number of nitrogens with one attached hydrogen (secondary N) is 2. The van der Waals surface area contributed by atoms with Gasteiger partial charge in [0.25, 0.3) is 0 Å². The molecule has 0 aliphatic carbocycles. The molecular weight excluding hydrogens is 240 g/mol. The van der Waals surface area contributed by atoms with Gasteiger partial charge in [0.15, 0.2) is 0 Å². The Kier molecular flexibility index (Phi) is 5.28. The maximum atomic E-state index is 11.6. The van der Waals surface area contributed by atoms with Crippen molar-refractivity contribution in [2.24, 2.45) is 5.73 Å². The number of aliphatic carboxylic acids is 1. The van der Waals surface area contributed by atoms with Gasteiger partial charge in [-0.25, -0.2) is 9.78 Å². The fourth-order valence-electron chi connectivity index (χ4n) is 1.35. The van der Waals surface area contributed by atoms with E-state index in [2.05, 4.69) is 15.3 Å². The summed E-state index contributed by atoms with van der Waals surface area (Å²) in [6.45, 7) is 0.0300. The number of hydrogen-bond donors (Lipinski definition) is 4. The molecule has 0 saturated carbocycles. The molecule has 0 bridgehead atoms. The molecule has 5 N–H and O–H groups in total. The van der Waals surface area contributed by atoms with Crippen molar-refractivity contribution in [1.82, 2.24) is 15.3 Å². The summed E-state index contributed by atoms with van der Waals surface area (Å²) in [6.07, 6.45) is 3.05. The van der Waals surface area contributed by atoms with Gasteiger partial charge in [-0.3, -0.25) is 4.79 Å². The van der Waals surface area contributed by atoms with Gasteiger partial charge in [0.1, 0.15) is 12.1 Å². The lowest BCUT2D eigenvalue weighted by molar-refractivity contribution is -0.142. The van der Waals surface area contributed by atoms with Crippen LogP contribution in [0.4, 0.5) is 0 Å². The number of carbonyl (C=O) groups excluding carboxylic acids is 1. The van der Waals surface area contributed by atoms with Crippen LogP contribution in [-0.4, -0.2) is 52.8 Å². The summed E-state index contributed by atoms with van der Waals surface area (Å²) in [6, 6.07) is -1.94. The smallest absolute Gasteiger partial charge is 0.326 e. The van der Waals surface area contributed by atoms with E-state index < -0.39 is 24.0 Å². The average molecular weight is 256 g/mol. The van der Waals surface area contributed by atoms with Gasteiger partial charge in [-0.2, -0.15) is 0 Å². The van der Waals surface area contributed by atoms with E-state index in [1.807, 2.05) is 0 Å². The van der Waals surface area contributed by atoms with Crippen LogP contribution in [0.5, 0.6) is 0 Å². The Labute approximate surface area is 104 Å². The molecule has 0 aromatic carbocycles. The standard InChI is InChI=1S/C10H16N4O4/c1-18-4-7(11)9(15)14-8(10(16)17)2-6-3-12-5-13-6/h3,5,7-8H,2,4,11H2,1H3,(H,12,13)(H,14,15)(H,16,17)/t7?,8-/m0/s1. The zero-order valence-electron chi connectivity index (χ0n) is 9.92. The minimum atomic E-state index is -1.14. The lowest BCUT2D eigenvalue weighted by Crippen LogP contribution is -2.50. The highest BCUT2D eigenvalue weighted by Crippen LogP contribution is 1.99. The van der Waals surface area contributed by atoms with E-state index in [0.29, 0.717) is 5.69 Å². The molecule has 0 radical (unpaired) electrons. The summed E-state index contributed by atoms with van der Waals surface area (Å²) in [7, 11) is 1.41. The van der Waals surface area contributed by atoms with Crippen LogP contribution in [-0.2, 0) is 20.7 Å². The molecule has 1 amide bonds. The maximum Gasteiger partial charge on any atom is 0.326 e. The Morgan fingerprint density at radius 3 is 2.89 bits per heavy atom. The first-order valence-electron chi connectivity index (χ1n) is 5.29. The number of carboxylic acids is 1. The molecule has 1 aromatic rings. The highest BCUT2D eigenvalue weighted by atomic mass is 16.5. The molecule has 0 saturated heterocycles. The maximum absolute atomic E-state index is 11.6. The first kappa shape index (κ1) is 14.1. The van der Waals surface area contributed by atoms with Crippen LogP contribution in [0.15, 0.2) is 12.5 Å². The lowest BCUT2D eigenvalue weighted by Gasteiger charge is -2.16. The SMILES string of the molecule is COCC(N)C(=O)N[C@@H](Cc1cnc[nH]1)C(=O)O. The van der Waals surface area contributed by atoms with Crippen molar-refractivity contribution < 1.29 is 19.4 Å². The summed E-state index contributed by atoms with van der Waals surface area (Å²) in [5.41, 5.74) is 6.11. The Bertz CT molecular complexity index is 393. The molecule has 1 rings (SSSR count). The number of nitrogens with zero attached hydrogens (tertiary/aromatic N) is 1. The van der Waals surface area contributed by atoms with Crippen molar-refractivity contribution in [2.75, 3.05) is 13.7 Å². The number of imidazole rings is 1. The molecule has 18 heavy (non-hydrogen) atoms. The molecule has 0 aliphatic heterocycles. The van der Waals surface area contributed by atoms with Crippen molar-refractivity contribution in [3.63, 3.8) is 0 Å². The van der Waals surface area contributed by atoms with E-state index in [0.717, 1.165) is 0 Å². The van der Waals surface area contributed by atoms with Gasteiger partial charge in [-0.05, 0) is 0 Å². The zero-order chi connectivity index (χ0) is 13.5. The predicted molar refractivity (Wildman–Crippen MR) is 61.7 cm³/mol. The van der Waals surface area contributed by atoms with Crippen LogP contribution in [0.3, 0.4) is 0 Å². The summed E-state index contributed by atoms with van der Waals surface area (Å²) in [4.78, 5) is 29.1. The largest absolute Gasteiger partial charge is 0.480 e. The van der Waals surface area contributed by atoms with E-state index >= 15 is 0 Å². The van der Waals surface area contributed by atoms with Crippen LogP contribution in [0, 0.1) is 0 Å². The first-order chi connectivity index (χ1) is 8.54. The number of H-pyrrole nitrogens is 1. The zero-order valence-corrected chi connectivity index (χ0v) is 9.92. The van der Waals surface area contributed by atoms with Gasteiger partial charge in [0.2, 0.25) is 5.91 Å². The number of carboxylic acid groups (broad SMARTS) is 1. The molecule has 0 fully saturated rings. The van der Waals surface area contributed by atoms with Crippen LogP contribution in [0.1, 0.15) is 5.69 Å². The second-order valence-corrected chi connectivity index (χ2v) is 3.74. The van der Waals surface area contributed by atoms with Gasteiger partial charge in [-0.1, -0.05) is 0 Å². The first-order valence-corrected chi connectivity index (χ1v) is 5.29. The van der Waals surface area contributed by atoms with Crippen molar-refractivity contribution in [3.05, 3.63) is 18.2 Å². The van der Waals surface area contributed by atoms with Gasteiger partial charge in [0.05, 0.1) is 12.9 Å². The second-order valence-electron chi connectivity index (χ2n) is 3.74. The molecule has 2 atom stereocenters. The van der Waals surface area contributed by atoms with E-state index in [4.69, 9.17) is 15.6 Å². The minimum absolute atomic E-state index is 0.0300. The van der Waals surface area contributed by atoms with Crippen molar-refractivity contribution in [3.8, 4) is 0 Å². The fraction of sp³-hybridized carbons (Fsp3) is 0.500. The highest BCUT2D eigenvalue weighted by Gasteiger charge is 2.23. The topological polar surface area (TPSA) is 130 Å². The van der Waals surface area contributed by atoms with Crippen LogP contribution < -0.4 is 11.1 Å². The number of amides is 1. The van der Waals surface area contributed by atoms with Crippen molar-refractivity contribution in [2.45, 2.75) is 18.5 Å². The molecule has 0 spiro atoms. The monoisotopic (exact) mass is 256 g/mol. The summed E-state index contributed by atoms with van der Waals surface area (Å²) in [5.74, 6) is -1.70. The van der Waals surface area contributed by atoms with Crippen LogP contribution in [0.25, 0.3) is 0 Å². The van der Waals surface area contributed by atoms with Crippen molar-refractivity contribution >= 4 is 11.9 Å². The lowest BCUT2D eigenvalue weighted by atomic mass is 10.1. The Balaban J connectivity index is 2.58. The Hall–Kier alpha value is -1.93. The molecule has 0 aliphatic rings. The fourth-order valence-corrected chi connectivity index (χ4v) is 1.35. The molecule has 100 valence electrons. The molecular formula is C10H16N4O4. The summed E-state index contributed by atoms with van der Waals surface area (Å²) >= 11 is 0. The number of nitrogens with two attached hydrogens (primary N) is 1. The third kappa shape index (κ3) is 4.15. The number of rotatable bonds is 7. The van der Waals surface area contributed by atoms with E-state index in [1.165, 1.54) is 19.6 Å². The van der Waals surface area contributed by atoms with E-state index in [1.54, 1.807) is 0 Å². The van der Waals surface area contributed by atoms with Gasteiger partial charge < -0.3 is 25.9 Å². The number of ether oxygens (including phenoxy) is 1.